The summed E-state index contributed by atoms with van der Waals surface area (Å²) >= 11 is 0. The van der Waals surface area contributed by atoms with Gasteiger partial charge in [-0.1, -0.05) is 6.08 Å². The van der Waals surface area contributed by atoms with E-state index in [0.29, 0.717) is 19.0 Å². The molecule has 0 unspecified atom stereocenters. The molecule has 2 heterocycles. The van der Waals surface area contributed by atoms with Crippen molar-refractivity contribution < 1.29 is 19.4 Å². The first-order valence-corrected chi connectivity index (χ1v) is 8.79. The van der Waals surface area contributed by atoms with Gasteiger partial charge in [-0.15, -0.1) is 6.58 Å². The summed E-state index contributed by atoms with van der Waals surface area (Å²) in [7, 11) is 1.44. The van der Waals surface area contributed by atoms with Gasteiger partial charge in [0.25, 0.3) is 0 Å². The number of rotatable bonds is 5. The average molecular weight is 347 g/mol. The van der Waals surface area contributed by atoms with Gasteiger partial charge in [-0.05, 0) is 45.2 Å². The molecule has 1 aromatic rings. The molecule has 1 fully saturated rings. The number of aromatic carboxylic acids is 1. The van der Waals surface area contributed by atoms with E-state index in [1.54, 1.807) is 10.8 Å². The highest BCUT2D eigenvalue weighted by atomic mass is 16.5. The maximum Gasteiger partial charge on any atom is 0.356 e. The van der Waals surface area contributed by atoms with E-state index in [2.05, 4.69) is 16.6 Å². The Morgan fingerprint density at radius 2 is 2.08 bits per heavy atom. The van der Waals surface area contributed by atoms with E-state index >= 15 is 0 Å². The van der Waals surface area contributed by atoms with Gasteiger partial charge >= 0.3 is 11.9 Å². The SMILES string of the molecule is C=CCn1nc(C(=O)O)c2c1CC[C@@H](N1CCC(C(=O)OC)CC1)C2. The lowest BCUT2D eigenvalue weighted by Gasteiger charge is -2.38. The van der Waals surface area contributed by atoms with E-state index in [-0.39, 0.29) is 17.6 Å². The standard InChI is InChI=1S/C18H25N3O4/c1-3-8-21-15-5-4-13(11-14(15)16(19-21)17(22)23)20-9-6-12(7-10-20)18(24)25-2/h3,12-13H,1,4-11H2,2H3,(H,22,23)/t13-/m1/s1. The fraction of sp³-hybridized carbons (Fsp3) is 0.611. The molecular formula is C18H25N3O4. The summed E-state index contributed by atoms with van der Waals surface area (Å²) in [5.41, 5.74) is 2.06. The second-order valence-electron chi connectivity index (χ2n) is 6.78. The molecule has 7 nitrogen and oxygen atoms in total. The minimum atomic E-state index is -0.968. The van der Waals surface area contributed by atoms with E-state index < -0.39 is 5.97 Å². The van der Waals surface area contributed by atoms with Crippen LogP contribution < -0.4 is 0 Å². The van der Waals surface area contributed by atoms with Crippen LogP contribution in [-0.4, -0.2) is 58.0 Å². The predicted molar refractivity (Wildman–Crippen MR) is 91.5 cm³/mol. The molecule has 25 heavy (non-hydrogen) atoms. The number of allylic oxidation sites excluding steroid dienone is 1. The van der Waals surface area contributed by atoms with Crippen molar-refractivity contribution in [3.05, 3.63) is 29.6 Å². The third kappa shape index (κ3) is 3.46. The Labute approximate surface area is 147 Å². The second-order valence-corrected chi connectivity index (χ2v) is 6.78. The summed E-state index contributed by atoms with van der Waals surface area (Å²) in [4.78, 5) is 25.6. The van der Waals surface area contributed by atoms with Gasteiger partial charge < -0.3 is 9.84 Å². The number of hydrogen-bond acceptors (Lipinski definition) is 5. The van der Waals surface area contributed by atoms with Crippen LogP contribution in [0, 0.1) is 5.92 Å². The molecule has 1 aliphatic heterocycles. The highest BCUT2D eigenvalue weighted by Crippen LogP contribution is 2.30. The molecule has 0 bridgehead atoms. The number of carboxylic acid groups (broad SMARTS) is 1. The fourth-order valence-corrected chi connectivity index (χ4v) is 4.09. The molecule has 2 aliphatic rings. The summed E-state index contributed by atoms with van der Waals surface area (Å²) in [6.07, 6.45) is 5.86. The first kappa shape index (κ1) is 17.7. The Morgan fingerprint density at radius 3 is 2.68 bits per heavy atom. The van der Waals surface area contributed by atoms with E-state index in [0.717, 1.165) is 50.0 Å². The second kappa shape index (κ2) is 7.39. The number of aromatic nitrogens is 2. The summed E-state index contributed by atoms with van der Waals surface area (Å²) < 4.78 is 6.61. The number of piperidine rings is 1. The molecule has 0 amide bonds. The van der Waals surface area contributed by atoms with Crippen LogP contribution in [0.3, 0.4) is 0 Å². The van der Waals surface area contributed by atoms with Crippen molar-refractivity contribution in [1.29, 1.82) is 0 Å². The van der Waals surface area contributed by atoms with Gasteiger partial charge in [-0.25, -0.2) is 4.79 Å². The van der Waals surface area contributed by atoms with Crippen molar-refractivity contribution in [3.8, 4) is 0 Å². The number of nitrogens with zero attached hydrogens (tertiary/aromatic N) is 3. The average Bonchev–Trinajstić information content (AvgIpc) is 3.00. The minimum absolute atomic E-state index is 0.00896. The zero-order valence-electron chi connectivity index (χ0n) is 14.6. The monoisotopic (exact) mass is 347 g/mol. The Balaban J connectivity index is 1.72. The third-order valence-electron chi connectivity index (χ3n) is 5.41. The van der Waals surface area contributed by atoms with Crippen LogP contribution in [0.2, 0.25) is 0 Å². The summed E-state index contributed by atoms with van der Waals surface area (Å²) in [5.74, 6) is -1.10. The number of ether oxygens (including phenoxy) is 1. The van der Waals surface area contributed by atoms with Gasteiger partial charge in [0.2, 0.25) is 0 Å². The van der Waals surface area contributed by atoms with Crippen molar-refractivity contribution in [2.75, 3.05) is 20.2 Å². The Kier molecular flexibility index (Phi) is 5.22. The highest BCUT2D eigenvalue weighted by molar-refractivity contribution is 5.87. The van der Waals surface area contributed by atoms with E-state index in [4.69, 9.17) is 4.74 Å². The van der Waals surface area contributed by atoms with Crippen LogP contribution in [0.4, 0.5) is 0 Å². The number of fused-ring (bicyclic) bond motifs is 1. The minimum Gasteiger partial charge on any atom is -0.476 e. The molecule has 7 heteroatoms. The van der Waals surface area contributed by atoms with Gasteiger partial charge in [0.05, 0.1) is 19.6 Å². The Morgan fingerprint density at radius 1 is 1.36 bits per heavy atom. The van der Waals surface area contributed by atoms with Crippen LogP contribution in [0.25, 0.3) is 0 Å². The lowest BCUT2D eigenvalue weighted by atomic mass is 9.88. The number of carbonyl (C=O) groups excluding carboxylic acids is 1. The number of likely N-dealkylation sites (tertiary alicyclic amines) is 1. The van der Waals surface area contributed by atoms with Crippen molar-refractivity contribution in [2.45, 2.75) is 44.7 Å². The molecule has 1 aliphatic carbocycles. The maximum atomic E-state index is 11.7. The predicted octanol–water partition coefficient (Wildman–Crippen LogP) is 1.51. The quantitative estimate of drug-likeness (QED) is 0.642. The number of methoxy groups -OCH3 is 1. The van der Waals surface area contributed by atoms with Crippen LogP contribution in [0.5, 0.6) is 0 Å². The molecule has 0 radical (unpaired) electrons. The Hall–Kier alpha value is -2.15. The number of hydrogen-bond donors (Lipinski definition) is 1. The Bertz CT molecular complexity index is 674. The van der Waals surface area contributed by atoms with Gasteiger partial charge in [0.15, 0.2) is 5.69 Å². The van der Waals surface area contributed by atoms with Crippen molar-refractivity contribution >= 4 is 11.9 Å². The van der Waals surface area contributed by atoms with Crippen molar-refractivity contribution in [1.82, 2.24) is 14.7 Å². The first-order chi connectivity index (χ1) is 12.0. The van der Waals surface area contributed by atoms with Gasteiger partial charge in [-0.2, -0.15) is 5.10 Å². The van der Waals surface area contributed by atoms with Crippen LogP contribution in [-0.2, 0) is 28.9 Å². The number of esters is 1. The fourth-order valence-electron chi connectivity index (χ4n) is 4.09. The molecule has 1 atom stereocenters. The van der Waals surface area contributed by atoms with Crippen molar-refractivity contribution in [3.63, 3.8) is 0 Å². The van der Waals surface area contributed by atoms with E-state index in [1.165, 1.54) is 7.11 Å². The van der Waals surface area contributed by atoms with Gasteiger partial charge in [-0.3, -0.25) is 14.4 Å². The van der Waals surface area contributed by atoms with Gasteiger partial charge in [0.1, 0.15) is 0 Å². The lowest BCUT2D eigenvalue weighted by molar-refractivity contribution is -0.147. The lowest BCUT2D eigenvalue weighted by Crippen LogP contribution is -2.45. The number of carbonyl (C=O) groups is 2. The van der Waals surface area contributed by atoms with Crippen LogP contribution >= 0.6 is 0 Å². The zero-order chi connectivity index (χ0) is 18.0. The molecule has 136 valence electrons. The summed E-state index contributed by atoms with van der Waals surface area (Å²) in [5, 5.41) is 13.7. The summed E-state index contributed by atoms with van der Waals surface area (Å²) in [6, 6.07) is 0.311. The number of carboxylic acids is 1. The highest BCUT2D eigenvalue weighted by Gasteiger charge is 2.34. The normalized spacial score (nSPS) is 21.6. The molecular weight excluding hydrogens is 322 g/mol. The van der Waals surface area contributed by atoms with Crippen LogP contribution in [0.15, 0.2) is 12.7 Å². The molecule has 1 N–H and O–H groups in total. The molecule has 1 saturated heterocycles. The van der Waals surface area contributed by atoms with E-state index in [1.807, 2.05) is 0 Å². The molecule has 1 aromatic heterocycles. The topological polar surface area (TPSA) is 84.7 Å². The van der Waals surface area contributed by atoms with E-state index in [9.17, 15) is 14.7 Å². The van der Waals surface area contributed by atoms with Gasteiger partial charge in [0, 0.05) is 17.3 Å². The largest absolute Gasteiger partial charge is 0.476 e. The molecule has 3 rings (SSSR count). The maximum absolute atomic E-state index is 11.7. The third-order valence-corrected chi connectivity index (χ3v) is 5.41. The van der Waals surface area contributed by atoms with Crippen molar-refractivity contribution in [2.24, 2.45) is 5.92 Å². The molecule has 0 aromatic carbocycles. The van der Waals surface area contributed by atoms with Crippen LogP contribution in [0.1, 0.15) is 41.0 Å². The summed E-state index contributed by atoms with van der Waals surface area (Å²) in [6.45, 7) is 5.95. The molecule has 0 saturated carbocycles. The first-order valence-electron chi connectivity index (χ1n) is 8.79. The zero-order valence-corrected chi connectivity index (χ0v) is 14.6. The smallest absolute Gasteiger partial charge is 0.356 e. The molecule has 0 spiro atoms.